The van der Waals surface area contributed by atoms with Crippen LogP contribution >= 0.6 is 0 Å². The molecule has 0 aliphatic carbocycles. The maximum atomic E-state index is 10.9. The number of fused-ring (bicyclic) bond motifs is 1. The van der Waals surface area contributed by atoms with E-state index in [0.717, 1.165) is 11.3 Å². The number of hydrogen-bond donors (Lipinski definition) is 0. The highest BCUT2D eigenvalue weighted by molar-refractivity contribution is 5.65. The van der Waals surface area contributed by atoms with Gasteiger partial charge in [0, 0.05) is 32.8 Å². The first-order valence-corrected chi connectivity index (χ1v) is 5.00. The summed E-state index contributed by atoms with van der Waals surface area (Å²) in [6, 6.07) is 5.16. The minimum absolute atomic E-state index is 0.189. The van der Waals surface area contributed by atoms with Gasteiger partial charge in [-0.3, -0.25) is 15.1 Å². The Bertz CT molecular complexity index is 455. The number of hydrogen-bond acceptors (Lipinski definition) is 4. The minimum Gasteiger partial charge on any atom is -0.282 e. The molecule has 1 heterocycles. The summed E-state index contributed by atoms with van der Waals surface area (Å²) in [6.45, 7) is 0. The third-order valence-electron chi connectivity index (χ3n) is 2.57. The Morgan fingerprint density at radius 3 is 2.81 bits per heavy atom. The molecule has 0 amide bonds. The number of allylic oxidation sites excluding steroid dienone is 1. The molecule has 0 spiro atoms. The fourth-order valence-corrected chi connectivity index (χ4v) is 1.86. The molecule has 0 fully saturated rings. The molecule has 0 unspecified atom stereocenters. The van der Waals surface area contributed by atoms with E-state index in [2.05, 4.69) is 0 Å². The Morgan fingerprint density at radius 2 is 2.19 bits per heavy atom. The molecule has 5 nitrogen and oxygen atoms in total. The van der Waals surface area contributed by atoms with E-state index in [1.54, 1.807) is 12.1 Å². The zero-order valence-electron chi connectivity index (χ0n) is 9.25. The fourth-order valence-electron chi connectivity index (χ4n) is 1.86. The highest BCUT2D eigenvalue weighted by atomic mass is 16.6. The lowest BCUT2D eigenvalue weighted by Gasteiger charge is -2.31. The fraction of sp³-hybridized carbons (Fsp3) is 0.273. The average Bonchev–Trinajstić information content (AvgIpc) is 2.27. The number of benzene rings is 1. The van der Waals surface area contributed by atoms with Crippen LogP contribution in [0.4, 0.5) is 11.4 Å². The molecular formula is C11H13N3O2. The predicted octanol–water partition coefficient (Wildman–Crippen LogP) is 1.95. The highest BCUT2D eigenvalue weighted by Crippen LogP contribution is 2.33. The second kappa shape index (κ2) is 3.94. The van der Waals surface area contributed by atoms with Crippen LogP contribution in [0.3, 0.4) is 0 Å². The van der Waals surface area contributed by atoms with Crippen LogP contribution in [-0.2, 0) is 6.42 Å². The Kier molecular flexibility index (Phi) is 2.62. The van der Waals surface area contributed by atoms with Crippen LogP contribution in [0, 0.1) is 10.1 Å². The number of anilines is 1. The standard InChI is InChI=1S/C11H13N3O2/c1-12(2)13-8-4-5-9-10(13)6-3-7-11(9)14(15)16/h3-4,6-8H,5H2,1-2H3. The summed E-state index contributed by atoms with van der Waals surface area (Å²) in [5.41, 5.74) is 1.83. The maximum absolute atomic E-state index is 10.9. The molecule has 0 N–H and O–H groups in total. The summed E-state index contributed by atoms with van der Waals surface area (Å²) in [6.07, 6.45) is 4.46. The van der Waals surface area contributed by atoms with Crippen LogP contribution < -0.4 is 5.01 Å². The molecular weight excluding hydrogens is 206 g/mol. The van der Waals surface area contributed by atoms with Crippen molar-refractivity contribution in [1.82, 2.24) is 5.01 Å². The van der Waals surface area contributed by atoms with Crippen molar-refractivity contribution in [3.05, 3.63) is 46.2 Å². The van der Waals surface area contributed by atoms with Gasteiger partial charge in [0.1, 0.15) is 0 Å². The SMILES string of the molecule is CN(C)N1C=CCc2c1cccc2[N+](=O)[O-]. The van der Waals surface area contributed by atoms with Crippen molar-refractivity contribution in [3.8, 4) is 0 Å². The number of nitrogens with zero attached hydrogens (tertiary/aromatic N) is 3. The number of nitro benzene ring substituents is 1. The van der Waals surface area contributed by atoms with Gasteiger partial charge in [-0.15, -0.1) is 0 Å². The second-order valence-corrected chi connectivity index (χ2v) is 3.81. The average molecular weight is 219 g/mol. The summed E-state index contributed by atoms with van der Waals surface area (Å²) in [4.78, 5) is 10.6. The molecule has 0 saturated heterocycles. The van der Waals surface area contributed by atoms with Gasteiger partial charge in [0.2, 0.25) is 0 Å². The van der Waals surface area contributed by atoms with Crippen LogP contribution in [-0.4, -0.2) is 24.0 Å². The molecule has 2 rings (SSSR count). The molecule has 0 aromatic heterocycles. The van der Waals surface area contributed by atoms with Gasteiger partial charge in [-0.1, -0.05) is 12.1 Å². The van der Waals surface area contributed by atoms with Crippen molar-refractivity contribution in [1.29, 1.82) is 0 Å². The summed E-state index contributed by atoms with van der Waals surface area (Å²) >= 11 is 0. The van der Waals surface area contributed by atoms with E-state index >= 15 is 0 Å². The molecule has 1 aliphatic rings. The zero-order chi connectivity index (χ0) is 11.7. The van der Waals surface area contributed by atoms with E-state index < -0.39 is 0 Å². The van der Waals surface area contributed by atoms with Crippen molar-refractivity contribution in [2.75, 3.05) is 19.1 Å². The minimum atomic E-state index is -0.328. The third kappa shape index (κ3) is 1.65. The van der Waals surface area contributed by atoms with E-state index in [4.69, 9.17) is 0 Å². The first kappa shape index (κ1) is 10.6. The van der Waals surface area contributed by atoms with Crippen molar-refractivity contribution in [2.24, 2.45) is 0 Å². The molecule has 1 aromatic carbocycles. The van der Waals surface area contributed by atoms with E-state index in [9.17, 15) is 10.1 Å². The third-order valence-corrected chi connectivity index (χ3v) is 2.57. The topological polar surface area (TPSA) is 49.6 Å². The Hall–Kier alpha value is -1.88. The van der Waals surface area contributed by atoms with Crippen molar-refractivity contribution < 1.29 is 4.92 Å². The molecule has 0 radical (unpaired) electrons. The van der Waals surface area contributed by atoms with E-state index in [-0.39, 0.29) is 10.6 Å². The van der Waals surface area contributed by atoms with E-state index in [1.165, 1.54) is 0 Å². The normalized spacial score (nSPS) is 14.1. The van der Waals surface area contributed by atoms with Gasteiger partial charge in [-0.2, -0.15) is 0 Å². The smallest absolute Gasteiger partial charge is 0.275 e. The van der Waals surface area contributed by atoms with Crippen LogP contribution in [0.25, 0.3) is 0 Å². The molecule has 0 atom stereocenters. The van der Waals surface area contributed by atoms with Crippen LogP contribution in [0.15, 0.2) is 30.5 Å². The molecule has 5 heteroatoms. The van der Waals surface area contributed by atoms with Crippen molar-refractivity contribution in [2.45, 2.75) is 6.42 Å². The largest absolute Gasteiger partial charge is 0.282 e. The summed E-state index contributed by atoms with van der Waals surface area (Å²) in [5.74, 6) is 0. The van der Waals surface area contributed by atoms with Gasteiger partial charge in [-0.05, 0) is 6.07 Å². The molecule has 0 saturated carbocycles. The molecule has 1 aromatic rings. The zero-order valence-corrected chi connectivity index (χ0v) is 9.25. The number of rotatable bonds is 2. The van der Waals surface area contributed by atoms with Crippen LogP contribution in [0.5, 0.6) is 0 Å². The number of hydrazine groups is 1. The molecule has 16 heavy (non-hydrogen) atoms. The summed E-state index contributed by atoms with van der Waals surface area (Å²) in [5, 5.41) is 14.7. The maximum Gasteiger partial charge on any atom is 0.275 e. The van der Waals surface area contributed by atoms with Crippen LogP contribution in [0.1, 0.15) is 5.56 Å². The lowest BCUT2D eigenvalue weighted by molar-refractivity contribution is -0.385. The first-order chi connectivity index (χ1) is 7.61. The predicted molar refractivity (Wildman–Crippen MR) is 62.1 cm³/mol. The highest BCUT2D eigenvalue weighted by Gasteiger charge is 2.22. The summed E-state index contributed by atoms with van der Waals surface area (Å²) in [7, 11) is 3.80. The molecule has 1 aliphatic heterocycles. The van der Waals surface area contributed by atoms with Gasteiger partial charge in [0.25, 0.3) is 5.69 Å². The van der Waals surface area contributed by atoms with Crippen molar-refractivity contribution >= 4 is 11.4 Å². The number of nitro groups is 1. The quantitative estimate of drug-likeness (QED) is 0.563. The van der Waals surface area contributed by atoms with Gasteiger partial charge >= 0.3 is 0 Å². The van der Waals surface area contributed by atoms with Gasteiger partial charge in [0.05, 0.1) is 16.2 Å². The first-order valence-electron chi connectivity index (χ1n) is 5.00. The lowest BCUT2D eigenvalue weighted by Crippen LogP contribution is -2.34. The van der Waals surface area contributed by atoms with Gasteiger partial charge in [0.15, 0.2) is 0 Å². The van der Waals surface area contributed by atoms with Crippen molar-refractivity contribution in [3.63, 3.8) is 0 Å². The van der Waals surface area contributed by atoms with Crippen LogP contribution in [0.2, 0.25) is 0 Å². The monoisotopic (exact) mass is 219 g/mol. The Morgan fingerprint density at radius 1 is 1.44 bits per heavy atom. The van der Waals surface area contributed by atoms with Gasteiger partial charge in [-0.25, -0.2) is 5.01 Å². The Labute approximate surface area is 93.7 Å². The lowest BCUT2D eigenvalue weighted by atomic mass is 10.0. The Balaban J connectivity index is 2.54. The second-order valence-electron chi connectivity index (χ2n) is 3.81. The van der Waals surface area contributed by atoms with E-state index in [1.807, 2.05) is 42.5 Å². The molecule has 84 valence electrons. The summed E-state index contributed by atoms with van der Waals surface area (Å²) < 4.78 is 0. The molecule has 0 bridgehead atoms. The van der Waals surface area contributed by atoms with E-state index in [0.29, 0.717) is 6.42 Å². The van der Waals surface area contributed by atoms with Gasteiger partial charge < -0.3 is 0 Å².